The van der Waals surface area contributed by atoms with Crippen LogP contribution in [0.4, 0.5) is 5.13 Å². The van der Waals surface area contributed by atoms with E-state index in [1.807, 2.05) is 0 Å². The third kappa shape index (κ3) is 2.74. The molecule has 1 aliphatic rings. The van der Waals surface area contributed by atoms with E-state index in [9.17, 15) is 0 Å². The Morgan fingerprint density at radius 2 is 2.37 bits per heavy atom. The Bertz CT molecular complexity index is 558. The molecule has 0 saturated carbocycles. The number of thiazole rings is 1. The second kappa shape index (κ2) is 5.47. The molecule has 3 nitrogen and oxygen atoms in total. The molecule has 3 rings (SSSR count). The lowest BCUT2D eigenvalue weighted by atomic mass is 10.0. The Morgan fingerprint density at radius 1 is 1.47 bits per heavy atom. The molecule has 1 unspecified atom stereocenters. The molecule has 19 heavy (non-hydrogen) atoms. The first-order valence-electron chi connectivity index (χ1n) is 6.99. The first-order chi connectivity index (χ1) is 9.24. The van der Waals surface area contributed by atoms with Gasteiger partial charge in [-0.1, -0.05) is 37.3 Å². The van der Waals surface area contributed by atoms with Crippen LogP contribution < -0.4 is 5.32 Å². The van der Waals surface area contributed by atoms with E-state index < -0.39 is 0 Å². The fourth-order valence-corrected chi connectivity index (χ4v) is 3.43. The highest BCUT2D eigenvalue weighted by atomic mass is 32.1. The Labute approximate surface area is 118 Å². The molecular formula is C15H20N2OS. The minimum absolute atomic E-state index is 0.358. The number of rotatable bonds is 4. The number of ether oxygens (including phenoxy) is 1. The number of nitrogens with zero attached hydrogens (tertiary/aromatic N) is 1. The summed E-state index contributed by atoms with van der Waals surface area (Å²) in [4.78, 5) is 4.75. The maximum Gasteiger partial charge on any atom is 0.183 e. The summed E-state index contributed by atoms with van der Waals surface area (Å²) in [6.07, 6.45) is 2.70. The molecule has 1 aromatic heterocycles. The van der Waals surface area contributed by atoms with Crippen LogP contribution in [0.5, 0.6) is 0 Å². The number of benzene rings is 1. The molecule has 4 heteroatoms. The minimum Gasteiger partial charge on any atom is -0.376 e. The fraction of sp³-hybridized carbons (Fsp3) is 0.533. The standard InChI is InChI=1S/C15H20N2OS/c1-10(2)12-6-3-7-13-14(12)17-15(19-13)16-9-11-5-4-8-18-11/h3,6-7,10-11H,4-5,8-9H2,1-2H3,(H,16,17). The lowest BCUT2D eigenvalue weighted by Crippen LogP contribution is -2.18. The smallest absolute Gasteiger partial charge is 0.183 e. The average Bonchev–Trinajstić information content (AvgIpc) is 3.04. The summed E-state index contributed by atoms with van der Waals surface area (Å²) in [5.74, 6) is 0.511. The van der Waals surface area contributed by atoms with E-state index in [0.717, 1.165) is 30.2 Å². The molecule has 1 N–H and O–H groups in total. The topological polar surface area (TPSA) is 34.1 Å². The van der Waals surface area contributed by atoms with E-state index in [-0.39, 0.29) is 0 Å². The molecule has 102 valence electrons. The van der Waals surface area contributed by atoms with Gasteiger partial charge in [-0.25, -0.2) is 4.98 Å². The maximum atomic E-state index is 5.63. The highest BCUT2D eigenvalue weighted by Gasteiger charge is 2.16. The quantitative estimate of drug-likeness (QED) is 0.916. The first-order valence-corrected chi connectivity index (χ1v) is 7.80. The largest absolute Gasteiger partial charge is 0.376 e. The molecule has 2 heterocycles. The number of fused-ring (bicyclic) bond motifs is 1. The molecule has 0 spiro atoms. The van der Waals surface area contributed by atoms with Crippen molar-refractivity contribution >= 4 is 26.7 Å². The van der Waals surface area contributed by atoms with Crippen molar-refractivity contribution in [3.8, 4) is 0 Å². The van der Waals surface area contributed by atoms with Gasteiger partial charge in [-0.2, -0.15) is 0 Å². The van der Waals surface area contributed by atoms with Crippen molar-refractivity contribution in [3.05, 3.63) is 23.8 Å². The predicted octanol–water partition coefficient (Wildman–Crippen LogP) is 4.01. The molecular weight excluding hydrogens is 256 g/mol. The number of para-hydroxylation sites is 1. The van der Waals surface area contributed by atoms with E-state index >= 15 is 0 Å². The highest BCUT2D eigenvalue weighted by Crippen LogP contribution is 2.31. The Kier molecular flexibility index (Phi) is 3.71. The van der Waals surface area contributed by atoms with Gasteiger partial charge in [0.1, 0.15) is 0 Å². The Balaban J connectivity index is 1.79. The maximum absolute atomic E-state index is 5.63. The average molecular weight is 276 g/mol. The third-order valence-corrected chi connectivity index (χ3v) is 4.56. The van der Waals surface area contributed by atoms with Crippen molar-refractivity contribution < 1.29 is 4.74 Å². The van der Waals surface area contributed by atoms with Gasteiger partial charge in [0.05, 0.1) is 16.3 Å². The first kappa shape index (κ1) is 12.9. The number of anilines is 1. The molecule has 0 aliphatic carbocycles. The van der Waals surface area contributed by atoms with Crippen molar-refractivity contribution in [1.82, 2.24) is 4.98 Å². The van der Waals surface area contributed by atoms with Crippen molar-refractivity contribution in [2.24, 2.45) is 0 Å². The van der Waals surface area contributed by atoms with Crippen molar-refractivity contribution in [1.29, 1.82) is 0 Å². The van der Waals surface area contributed by atoms with Crippen molar-refractivity contribution in [2.45, 2.75) is 38.7 Å². The Hall–Kier alpha value is -1.13. The van der Waals surface area contributed by atoms with Crippen LogP contribution in [0, 0.1) is 0 Å². The summed E-state index contributed by atoms with van der Waals surface area (Å²) in [6, 6.07) is 6.45. The van der Waals surface area contributed by atoms with Crippen LogP contribution in [-0.4, -0.2) is 24.2 Å². The second-order valence-corrected chi connectivity index (χ2v) is 6.41. The van der Waals surface area contributed by atoms with Crippen molar-refractivity contribution in [3.63, 3.8) is 0 Å². The summed E-state index contributed by atoms with van der Waals surface area (Å²) in [5, 5.41) is 4.44. The van der Waals surface area contributed by atoms with Crippen LogP contribution in [0.25, 0.3) is 10.2 Å². The van der Waals surface area contributed by atoms with Crippen LogP contribution in [0.2, 0.25) is 0 Å². The molecule has 0 radical (unpaired) electrons. The summed E-state index contributed by atoms with van der Waals surface area (Å²) < 4.78 is 6.89. The van der Waals surface area contributed by atoms with E-state index in [1.54, 1.807) is 11.3 Å². The van der Waals surface area contributed by atoms with E-state index in [0.29, 0.717) is 12.0 Å². The molecule has 0 amide bonds. The van der Waals surface area contributed by atoms with Gasteiger partial charge in [-0.3, -0.25) is 0 Å². The minimum atomic E-state index is 0.358. The zero-order valence-electron chi connectivity index (χ0n) is 11.5. The van der Waals surface area contributed by atoms with Gasteiger partial charge in [0.15, 0.2) is 5.13 Å². The zero-order chi connectivity index (χ0) is 13.2. The highest BCUT2D eigenvalue weighted by molar-refractivity contribution is 7.22. The molecule has 1 aliphatic heterocycles. The normalized spacial score (nSPS) is 19.4. The fourth-order valence-electron chi connectivity index (χ4n) is 2.52. The predicted molar refractivity (Wildman–Crippen MR) is 81.2 cm³/mol. The third-order valence-electron chi connectivity index (χ3n) is 3.58. The van der Waals surface area contributed by atoms with Crippen molar-refractivity contribution in [2.75, 3.05) is 18.5 Å². The van der Waals surface area contributed by atoms with E-state index in [1.165, 1.54) is 16.7 Å². The van der Waals surface area contributed by atoms with Gasteiger partial charge in [0.25, 0.3) is 0 Å². The number of hydrogen-bond acceptors (Lipinski definition) is 4. The Morgan fingerprint density at radius 3 is 3.11 bits per heavy atom. The molecule has 1 atom stereocenters. The van der Waals surface area contributed by atoms with Crippen LogP contribution >= 0.6 is 11.3 Å². The SMILES string of the molecule is CC(C)c1cccc2sc(NCC3CCCO3)nc12. The van der Waals surface area contributed by atoms with Gasteiger partial charge >= 0.3 is 0 Å². The second-order valence-electron chi connectivity index (χ2n) is 5.38. The lowest BCUT2D eigenvalue weighted by molar-refractivity contribution is 0.120. The van der Waals surface area contributed by atoms with E-state index in [2.05, 4.69) is 37.4 Å². The zero-order valence-corrected chi connectivity index (χ0v) is 12.3. The van der Waals surface area contributed by atoms with Gasteiger partial charge in [-0.05, 0) is 30.4 Å². The number of hydrogen-bond donors (Lipinski definition) is 1. The van der Waals surface area contributed by atoms with Crippen LogP contribution in [0.15, 0.2) is 18.2 Å². The van der Waals surface area contributed by atoms with Gasteiger partial charge in [0.2, 0.25) is 0 Å². The molecule has 1 saturated heterocycles. The summed E-state index contributed by atoms with van der Waals surface area (Å²) in [6.45, 7) is 6.21. The number of nitrogens with one attached hydrogen (secondary N) is 1. The van der Waals surface area contributed by atoms with Gasteiger partial charge in [0, 0.05) is 13.2 Å². The van der Waals surface area contributed by atoms with E-state index in [4.69, 9.17) is 9.72 Å². The van der Waals surface area contributed by atoms with Gasteiger partial charge in [-0.15, -0.1) is 0 Å². The lowest BCUT2D eigenvalue weighted by Gasteiger charge is -2.09. The summed E-state index contributed by atoms with van der Waals surface area (Å²) in [7, 11) is 0. The molecule has 0 bridgehead atoms. The van der Waals surface area contributed by atoms with Crippen LogP contribution in [0.1, 0.15) is 38.2 Å². The molecule has 2 aromatic rings. The van der Waals surface area contributed by atoms with Gasteiger partial charge < -0.3 is 10.1 Å². The molecule has 1 fully saturated rings. The summed E-state index contributed by atoms with van der Waals surface area (Å²) in [5.41, 5.74) is 2.48. The monoisotopic (exact) mass is 276 g/mol. The van der Waals surface area contributed by atoms with Crippen LogP contribution in [0.3, 0.4) is 0 Å². The number of aromatic nitrogens is 1. The van der Waals surface area contributed by atoms with Crippen LogP contribution in [-0.2, 0) is 4.74 Å². The summed E-state index contributed by atoms with van der Waals surface area (Å²) >= 11 is 1.73. The molecule has 1 aromatic carbocycles.